The van der Waals surface area contributed by atoms with Crippen molar-refractivity contribution in [3.05, 3.63) is 0 Å². The van der Waals surface area contributed by atoms with Gasteiger partial charge in [0, 0.05) is 20.8 Å². The van der Waals surface area contributed by atoms with Crippen LogP contribution in [0.3, 0.4) is 0 Å². The molecule has 0 atom stereocenters. The van der Waals surface area contributed by atoms with Crippen molar-refractivity contribution in [3.63, 3.8) is 0 Å². The zero-order chi connectivity index (χ0) is 9.45. The quantitative estimate of drug-likeness (QED) is 0.422. The maximum atomic E-state index is 9.37. The lowest BCUT2D eigenvalue weighted by atomic mass is 10.3. The van der Waals surface area contributed by atoms with Crippen LogP contribution in [0.4, 0.5) is 0 Å². The molecule has 3 N–H and O–H groups in total. The first-order valence-corrected chi connectivity index (χ1v) is 5.52. The normalized spacial score (nSPS) is 12.0. The summed E-state index contributed by atoms with van der Waals surface area (Å²) in [5.74, 6) is 0. The van der Waals surface area contributed by atoms with E-state index in [-0.39, 0.29) is 0 Å². The van der Waals surface area contributed by atoms with Gasteiger partial charge in [-0.15, -0.1) is 0 Å². The minimum absolute atomic E-state index is 0.418. The Morgan fingerprint density at radius 2 is 1.83 bits per heavy atom. The average Bonchev–Trinajstić information content (AvgIpc) is 2.12. The van der Waals surface area contributed by atoms with Gasteiger partial charge in [0.2, 0.25) is 0 Å². The van der Waals surface area contributed by atoms with Crippen LogP contribution in [0, 0.1) is 0 Å². The van der Waals surface area contributed by atoms with E-state index >= 15 is 0 Å². The summed E-state index contributed by atoms with van der Waals surface area (Å²) >= 11 is 0. The molecule has 0 radical (unpaired) electrons. The largest absolute Gasteiger partial charge is 0.676 e. The summed E-state index contributed by atoms with van der Waals surface area (Å²) in [5, 5.41) is 0. The number of unbranched alkanes of at least 4 members (excludes halogenated alkanes) is 1. The van der Waals surface area contributed by atoms with Gasteiger partial charge in [0.25, 0.3) is 0 Å². The third kappa shape index (κ3) is 4.81. The zero-order valence-corrected chi connectivity index (χ0v) is 8.58. The Kier molecular flexibility index (Phi) is 6.53. The maximum Gasteiger partial charge on any atom is 0.676 e. The molecular weight excluding hydrogens is 178 g/mol. The molecule has 0 saturated heterocycles. The molecule has 0 aromatic heterocycles. The second kappa shape index (κ2) is 6.52. The second-order valence-corrected chi connectivity index (χ2v) is 4.43. The molecular formula is C6H17NO4Si. The van der Waals surface area contributed by atoms with Crippen molar-refractivity contribution in [2.24, 2.45) is 5.73 Å². The third-order valence-corrected chi connectivity index (χ3v) is 3.00. The molecule has 0 unspecified atom stereocenters. The summed E-state index contributed by atoms with van der Waals surface area (Å²) in [5.41, 5.74) is 5.27. The van der Waals surface area contributed by atoms with Crippen molar-refractivity contribution in [2.75, 3.05) is 27.4 Å². The van der Waals surface area contributed by atoms with Crippen molar-refractivity contribution in [3.8, 4) is 0 Å². The van der Waals surface area contributed by atoms with Gasteiger partial charge >= 0.3 is 9.05 Å². The Balaban J connectivity index is 3.45. The highest BCUT2D eigenvalue weighted by molar-refractivity contribution is 6.51. The fourth-order valence-corrected chi connectivity index (χ4v) is 1.45. The molecule has 0 amide bonds. The Morgan fingerprint density at radius 1 is 1.25 bits per heavy atom. The van der Waals surface area contributed by atoms with Gasteiger partial charge in [0.1, 0.15) is 0 Å². The summed E-state index contributed by atoms with van der Waals surface area (Å²) < 4.78 is 14.4. The van der Waals surface area contributed by atoms with Gasteiger partial charge < -0.3 is 23.8 Å². The van der Waals surface area contributed by atoms with Crippen LogP contribution in [0.2, 0.25) is 0 Å². The first kappa shape index (κ1) is 12.0. The smallest absolute Gasteiger partial charge is 0.367 e. The summed E-state index contributed by atoms with van der Waals surface area (Å²) in [6.45, 7) is 1.05. The number of hydrogen-bond acceptors (Lipinski definition) is 5. The molecule has 0 saturated carbocycles. The van der Waals surface area contributed by atoms with Crippen molar-refractivity contribution >= 4 is 9.05 Å². The fraction of sp³-hybridized carbons (Fsp3) is 1.00. The molecule has 0 fully saturated rings. The lowest BCUT2D eigenvalue weighted by Crippen LogP contribution is -2.44. The van der Waals surface area contributed by atoms with Crippen LogP contribution >= 0.6 is 0 Å². The highest BCUT2D eigenvalue weighted by Crippen LogP contribution is 2.03. The topological polar surface area (TPSA) is 73.9 Å². The standard InChI is InChI=1S/C6H17NO4Si/c1-9-12(8,10-2)11-6-4-3-5-7/h8H,3-7H2,1-2H3. The predicted octanol–water partition coefficient (Wildman–Crippen LogP) is -0.537. The molecule has 0 spiro atoms. The minimum atomic E-state index is -3.29. The van der Waals surface area contributed by atoms with E-state index in [9.17, 15) is 4.80 Å². The SMILES string of the molecule is CO[Si](O)(OC)OCCCCN. The number of hydrogen-bond donors (Lipinski definition) is 2. The Hall–Kier alpha value is 0.0169. The van der Waals surface area contributed by atoms with Crippen LogP contribution in [0.1, 0.15) is 12.8 Å². The van der Waals surface area contributed by atoms with Crippen molar-refractivity contribution in [1.82, 2.24) is 0 Å². The number of rotatable bonds is 7. The van der Waals surface area contributed by atoms with Gasteiger partial charge in [-0.2, -0.15) is 0 Å². The van der Waals surface area contributed by atoms with Gasteiger partial charge in [-0.3, -0.25) is 0 Å². The van der Waals surface area contributed by atoms with E-state index in [1.807, 2.05) is 0 Å². The Labute approximate surface area is 73.9 Å². The summed E-state index contributed by atoms with van der Waals surface area (Å²) in [6.07, 6.45) is 1.68. The molecule has 0 aliphatic carbocycles. The van der Waals surface area contributed by atoms with Crippen molar-refractivity contribution < 1.29 is 18.1 Å². The summed E-state index contributed by atoms with van der Waals surface area (Å²) in [7, 11) is -0.569. The second-order valence-electron chi connectivity index (χ2n) is 2.28. The molecule has 0 aromatic carbocycles. The first-order chi connectivity index (χ1) is 5.68. The maximum absolute atomic E-state index is 9.37. The van der Waals surface area contributed by atoms with Crippen LogP contribution in [-0.2, 0) is 13.3 Å². The van der Waals surface area contributed by atoms with Gasteiger partial charge in [0.15, 0.2) is 0 Å². The van der Waals surface area contributed by atoms with E-state index in [0.29, 0.717) is 13.2 Å². The molecule has 5 nitrogen and oxygen atoms in total. The van der Waals surface area contributed by atoms with E-state index in [1.54, 1.807) is 0 Å². The van der Waals surface area contributed by atoms with Crippen LogP contribution in [0.5, 0.6) is 0 Å². The molecule has 0 aromatic rings. The van der Waals surface area contributed by atoms with Gasteiger partial charge in [0.05, 0.1) is 0 Å². The lowest BCUT2D eigenvalue weighted by molar-refractivity contribution is 0.0224. The average molecular weight is 195 g/mol. The highest BCUT2D eigenvalue weighted by atomic mass is 28.4. The predicted molar refractivity (Wildman–Crippen MR) is 46.2 cm³/mol. The monoisotopic (exact) mass is 195 g/mol. The molecule has 0 bridgehead atoms. The van der Waals surface area contributed by atoms with Crippen molar-refractivity contribution in [1.29, 1.82) is 0 Å². The van der Waals surface area contributed by atoms with Crippen molar-refractivity contribution in [2.45, 2.75) is 12.8 Å². The fourth-order valence-electron chi connectivity index (χ4n) is 0.649. The van der Waals surface area contributed by atoms with Crippen LogP contribution < -0.4 is 5.73 Å². The summed E-state index contributed by atoms with van der Waals surface area (Å²) in [4.78, 5) is 9.37. The van der Waals surface area contributed by atoms with E-state index in [2.05, 4.69) is 8.85 Å². The van der Waals surface area contributed by atoms with Crippen LogP contribution in [0.15, 0.2) is 0 Å². The van der Waals surface area contributed by atoms with E-state index < -0.39 is 9.05 Å². The Bertz CT molecular complexity index is 110. The van der Waals surface area contributed by atoms with E-state index in [4.69, 9.17) is 10.2 Å². The third-order valence-electron chi connectivity index (χ3n) is 1.40. The zero-order valence-electron chi connectivity index (χ0n) is 7.58. The van der Waals surface area contributed by atoms with Gasteiger partial charge in [-0.05, 0) is 19.4 Å². The molecule has 74 valence electrons. The summed E-state index contributed by atoms with van der Waals surface area (Å²) in [6, 6.07) is 0. The molecule has 0 rings (SSSR count). The lowest BCUT2D eigenvalue weighted by Gasteiger charge is -2.18. The molecule has 12 heavy (non-hydrogen) atoms. The molecule has 6 heteroatoms. The minimum Gasteiger partial charge on any atom is -0.367 e. The number of nitrogens with two attached hydrogens (primary N) is 1. The van der Waals surface area contributed by atoms with Gasteiger partial charge in [-0.25, -0.2) is 0 Å². The van der Waals surface area contributed by atoms with Crippen LogP contribution in [-0.4, -0.2) is 41.2 Å². The highest BCUT2D eigenvalue weighted by Gasteiger charge is 2.38. The molecule has 0 aliphatic rings. The molecule has 0 heterocycles. The van der Waals surface area contributed by atoms with E-state index in [1.165, 1.54) is 14.2 Å². The first-order valence-electron chi connectivity index (χ1n) is 3.85. The Morgan fingerprint density at radius 3 is 2.25 bits per heavy atom. The molecule has 0 aliphatic heterocycles. The van der Waals surface area contributed by atoms with Crippen LogP contribution in [0.25, 0.3) is 0 Å². The van der Waals surface area contributed by atoms with E-state index in [0.717, 1.165) is 12.8 Å². The van der Waals surface area contributed by atoms with Gasteiger partial charge in [-0.1, -0.05) is 0 Å².